The van der Waals surface area contributed by atoms with Crippen molar-refractivity contribution in [3.05, 3.63) is 0 Å². The van der Waals surface area contributed by atoms with E-state index in [0.717, 1.165) is 29.6 Å². The maximum Gasteiger partial charge on any atom is 0.0655 e. The van der Waals surface area contributed by atoms with Crippen molar-refractivity contribution < 1.29 is 0 Å². The van der Waals surface area contributed by atoms with Crippen LogP contribution in [0.25, 0.3) is 0 Å². The standard InChI is InChI=1S/C18H29N/c1-2-3-13-4-8-17-15(10-13)6-7-16-11-14(12-19)5-9-18(16)17/h13-18H,2-11H2,1H3/t13-,14-,15?,16?,17?,18?/m0/s1. The second kappa shape index (κ2) is 5.86. The van der Waals surface area contributed by atoms with Crippen LogP contribution in [0.15, 0.2) is 0 Å². The predicted molar refractivity (Wildman–Crippen MR) is 78.4 cm³/mol. The van der Waals surface area contributed by atoms with Crippen LogP contribution >= 0.6 is 0 Å². The predicted octanol–water partition coefficient (Wildman–Crippen LogP) is 5.17. The Bertz CT molecular complexity index is 342. The number of hydrogen-bond donors (Lipinski definition) is 0. The zero-order valence-electron chi connectivity index (χ0n) is 12.5. The molecule has 0 aromatic heterocycles. The Balaban J connectivity index is 1.62. The average Bonchev–Trinajstić information content (AvgIpc) is 2.46. The molecule has 0 aliphatic heterocycles. The molecule has 0 radical (unpaired) electrons. The van der Waals surface area contributed by atoms with Crippen LogP contribution in [-0.2, 0) is 0 Å². The molecule has 1 heteroatoms. The molecule has 0 aromatic carbocycles. The van der Waals surface area contributed by atoms with Gasteiger partial charge in [0.2, 0.25) is 0 Å². The van der Waals surface area contributed by atoms with Crippen LogP contribution in [0.2, 0.25) is 0 Å². The molecule has 0 saturated heterocycles. The van der Waals surface area contributed by atoms with E-state index in [2.05, 4.69) is 13.0 Å². The Morgan fingerprint density at radius 1 is 0.895 bits per heavy atom. The zero-order valence-corrected chi connectivity index (χ0v) is 12.5. The largest absolute Gasteiger partial charge is 0.198 e. The smallest absolute Gasteiger partial charge is 0.0655 e. The van der Waals surface area contributed by atoms with E-state index < -0.39 is 0 Å². The van der Waals surface area contributed by atoms with E-state index in [1.54, 1.807) is 0 Å². The Kier molecular flexibility index (Phi) is 4.15. The lowest BCUT2D eigenvalue weighted by Crippen LogP contribution is -2.41. The van der Waals surface area contributed by atoms with Gasteiger partial charge in [0.05, 0.1) is 6.07 Å². The van der Waals surface area contributed by atoms with Crippen LogP contribution in [0.3, 0.4) is 0 Å². The zero-order chi connectivity index (χ0) is 13.2. The first kappa shape index (κ1) is 13.5. The Morgan fingerprint density at radius 2 is 1.58 bits per heavy atom. The van der Waals surface area contributed by atoms with Gasteiger partial charge in [-0.25, -0.2) is 0 Å². The molecule has 0 amide bonds. The highest BCUT2D eigenvalue weighted by Crippen LogP contribution is 2.53. The summed E-state index contributed by atoms with van der Waals surface area (Å²) in [5.41, 5.74) is 0. The minimum Gasteiger partial charge on any atom is -0.198 e. The fourth-order valence-electron chi connectivity index (χ4n) is 5.68. The Labute approximate surface area is 118 Å². The van der Waals surface area contributed by atoms with Gasteiger partial charge in [-0.2, -0.15) is 5.26 Å². The van der Waals surface area contributed by atoms with Crippen LogP contribution < -0.4 is 0 Å². The highest BCUT2D eigenvalue weighted by molar-refractivity contribution is 4.98. The number of nitriles is 1. The van der Waals surface area contributed by atoms with Crippen molar-refractivity contribution in [1.82, 2.24) is 0 Å². The quantitative estimate of drug-likeness (QED) is 0.671. The molecule has 0 aromatic rings. The lowest BCUT2D eigenvalue weighted by Gasteiger charge is -2.50. The Morgan fingerprint density at radius 3 is 2.26 bits per heavy atom. The second-order valence-corrected chi connectivity index (χ2v) is 7.53. The molecule has 0 spiro atoms. The van der Waals surface area contributed by atoms with Crippen molar-refractivity contribution in [1.29, 1.82) is 5.26 Å². The molecule has 3 aliphatic carbocycles. The van der Waals surface area contributed by atoms with Crippen molar-refractivity contribution in [2.45, 2.75) is 71.1 Å². The molecule has 19 heavy (non-hydrogen) atoms. The van der Waals surface area contributed by atoms with Gasteiger partial charge in [0, 0.05) is 5.92 Å². The van der Waals surface area contributed by atoms with E-state index in [0.29, 0.717) is 5.92 Å². The lowest BCUT2D eigenvalue weighted by molar-refractivity contribution is 0.00303. The fraction of sp³-hybridized carbons (Fsp3) is 0.944. The first-order chi connectivity index (χ1) is 9.31. The number of fused-ring (bicyclic) bond motifs is 3. The van der Waals surface area contributed by atoms with E-state index in [4.69, 9.17) is 5.26 Å². The van der Waals surface area contributed by atoms with Crippen LogP contribution in [0.1, 0.15) is 71.1 Å². The van der Waals surface area contributed by atoms with E-state index in [-0.39, 0.29) is 0 Å². The van der Waals surface area contributed by atoms with E-state index >= 15 is 0 Å². The molecule has 4 unspecified atom stereocenters. The Hall–Kier alpha value is -0.510. The molecule has 0 N–H and O–H groups in total. The van der Waals surface area contributed by atoms with E-state index in [9.17, 15) is 0 Å². The molecule has 3 saturated carbocycles. The van der Waals surface area contributed by atoms with E-state index in [1.165, 1.54) is 64.2 Å². The molecule has 6 atom stereocenters. The molecule has 3 rings (SSSR count). The van der Waals surface area contributed by atoms with Gasteiger partial charge in [-0.05, 0) is 74.5 Å². The van der Waals surface area contributed by atoms with Crippen LogP contribution in [0.5, 0.6) is 0 Å². The molecule has 3 fully saturated rings. The van der Waals surface area contributed by atoms with Crippen molar-refractivity contribution in [2.24, 2.45) is 35.5 Å². The highest BCUT2D eigenvalue weighted by Gasteiger charge is 2.44. The average molecular weight is 259 g/mol. The number of rotatable bonds is 2. The second-order valence-electron chi connectivity index (χ2n) is 7.53. The molecule has 3 aliphatic rings. The van der Waals surface area contributed by atoms with Gasteiger partial charge in [-0.1, -0.05) is 26.2 Å². The monoisotopic (exact) mass is 259 g/mol. The summed E-state index contributed by atoms with van der Waals surface area (Å²) in [4.78, 5) is 0. The highest BCUT2D eigenvalue weighted by atomic mass is 14.5. The molecule has 1 nitrogen and oxygen atoms in total. The van der Waals surface area contributed by atoms with Gasteiger partial charge < -0.3 is 0 Å². The normalized spacial score (nSPS) is 45.9. The third-order valence-electron chi connectivity index (χ3n) is 6.53. The van der Waals surface area contributed by atoms with E-state index in [1.807, 2.05) is 0 Å². The first-order valence-electron chi connectivity index (χ1n) is 8.71. The molecule has 0 heterocycles. The lowest BCUT2D eigenvalue weighted by atomic mass is 9.55. The number of nitrogens with zero attached hydrogens (tertiary/aromatic N) is 1. The molecule has 0 bridgehead atoms. The van der Waals surface area contributed by atoms with Gasteiger partial charge in [0.1, 0.15) is 0 Å². The number of hydrogen-bond acceptors (Lipinski definition) is 1. The third-order valence-corrected chi connectivity index (χ3v) is 6.53. The summed E-state index contributed by atoms with van der Waals surface area (Å²) in [6, 6.07) is 2.53. The molecular weight excluding hydrogens is 230 g/mol. The van der Waals surface area contributed by atoms with Gasteiger partial charge >= 0.3 is 0 Å². The minimum absolute atomic E-state index is 0.384. The minimum atomic E-state index is 0.384. The summed E-state index contributed by atoms with van der Waals surface area (Å²) in [5.74, 6) is 5.40. The van der Waals surface area contributed by atoms with Crippen molar-refractivity contribution in [3.63, 3.8) is 0 Å². The maximum atomic E-state index is 9.16. The topological polar surface area (TPSA) is 23.8 Å². The van der Waals surface area contributed by atoms with Crippen LogP contribution in [-0.4, -0.2) is 0 Å². The first-order valence-corrected chi connectivity index (χ1v) is 8.71. The summed E-state index contributed by atoms with van der Waals surface area (Å²) >= 11 is 0. The van der Waals surface area contributed by atoms with Crippen molar-refractivity contribution in [3.8, 4) is 6.07 Å². The molecule has 106 valence electrons. The maximum absolute atomic E-state index is 9.16. The van der Waals surface area contributed by atoms with Gasteiger partial charge in [-0.3, -0.25) is 0 Å². The van der Waals surface area contributed by atoms with Crippen molar-refractivity contribution >= 4 is 0 Å². The third kappa shape index (κ3) is 2.69. The van der Waals surface area contributed by atoms with Gasteiger partial charge in [0.25, 0.3) is 0 Å². The summed E-state index contributed by atoms with van der Waals surface area (Å²) in [7, 11) is 0. The van der Waals surface area contributed by atoms with Gasteiger partial charge in [0.15, 0.2) is 0 Å². The summed E-state index contributed by atoms with van der Waals surface area (Å²) in [5, 5.41) is 9.16. The summed E-state index contributed by atoms with van der Waals surface area (Å²) in [6.07, 6.45) is 14.1. The summed E-state index contributed by atoms with van der Waals surface area (Å²) in [6.45, 7) is 2.34. The summed E-state index contributed by atoms with van der Waals surface area (Å²) < 4.78 is 0. The van der Waals surface area contributed by atoms with Crippen LogP contribution in [0.4, 0.5) is 0 Å². The SMILES string of the molecule is CCC[C@H]1CCC2C(CCC3C[C@@H](C#N)CCC32)C1. The van der Waals surface area contributed by atoms with Crippen molar-refractivity contribution in [2.75, 3.05) is 0 Å². The van der Waals surface area contributed by atoms with Crippen LogP contribution in [0, 0.1) is 46.8 Å². The molecular formula is C18H29N. The fourth-order valence-corrected chi connectivity index (χ4v) is 5.68. The van der Waals surface area contributed by atoms with Gasteiger partial charge in [-0.15, -0.1) is 0 Å².